The van der Waals surface area contributed by atoms with E-state index >= 15 is 0 Å². The van der Waals surface area contributed by atoms with Crippen molar-refractivity contribution in [3.05, 3.63) is 59.7 Å². The predicted molar refractivity (Wildman–Crippen MR) is 135 cm³/mol. The van der Waals surface area contributed by atoms with Crippen LogP contribution in [0.5, 0.6) is 11.5 Å². The van der Waals surface area contributed by atoms with Crippen LogP contribution in [0.4, 0.5) is 0 Å². The average molecular weight is 503 g/mol. The molecule has 1 atom stereocenters. The fourth-order valence-electron chi connectivity index (χ4n) is 3.88. The van der Waals surface area contributed by atoms with Gasteiger partial charge in [0.2, 0.25) is 0 Å². The van der Waals surface area contributed by atoms with Crippen molar-refractivity contribution in [1.29, 1.82) is 0 Å². The number of hydrogen-bond donors (Lipinski definition) is 0. The lowest BCUT2D eigenvalue weighted by molar-refractivity contribution is -0.183. The molecule has 0 amide bonds. The number of rotatable bonds is 16. The minimum Gasteiger partial charge on any atom is -0.493 e. The molecule has 0 aliphatic rings. The third kappa shape index (κ3) is 8.24. The Morgan fingerprint density at radius 2 is 1.39 bits per heavy atom. The average Bonchev–Trinajstić information content (AvgIpc) is 2.88. The van der Waals surface area contributed by atoms with Crippen molar-refractivity contribution in [2.24, 2.45) is 5.92 Å². The third-order valence-corrected chi connectivity index (χ3v) is 5.46. The molecule has 0 aliphatic carbocycles. The molecule has 0 heterocycles. The molecule has 2 rings (SSSR count). The second kappa shape index (κ2) is 15.8. The molecule has 0 bridgehead atoms. The SMILES string of the molecule is CCOC(=O)C(C(=O)OCC)C(c1ccc(OC)c(OCCc2ccccc2)c1)C(OCC)OCC. The van der Waals surface area contributed by atoms with Gasteiger partial charge in [-0.15, -0.1) is 0 Å². The first kappa shape index (κ1) is 29.1. The maximum absolute atomic E-state index is 13.0. The Balaban J connectivity index is 2.49. The van der Waals surface area contributed by atoms with Crippen LogP contribution < -0.4 is 9.47 Å². The van der Waals surface area contributed by atoms with Gasteiger partial charge in [-0.25, -0.2) is 0 Å². The molecule has 0 saturated carbocycles. The summed E-state index contributed by atoms with van der Waals surface area (Å²) in [5.41, 5.74) is 1.74. The Kier molecular flexibility index (Phi) is 12.8. The number of ether oxygens (including phenoxy) is 6. The van der Waals surface area contributed by atoms with E-state index in [-0.39, 0.29) is 13.2 Å². The van der Waals surface area contributed by atoms with E-state index in [1.165, 1.54) is 0 Å². The molecule has 0 fully saturated rings. The maximum atomic E-state index is 13.0. The van der Waals surface area contributed by atoms with Crippen molar-refractivity contribution >= 4 is 11.9 Å². The van der Waals surface area contributed by atoms with Gasteiger partial charge in [-0.05, 0) is 51.0 Å². The monoisotopic (exact) mass is 502 g/mol. The Bertz CT molecular complexity index is 906. The fourth-order valence-corrected chi connectivity index (χ4v) is 3.88. The smallest absolute Gasteiger partial charge is 0.321 e. The summed E-state index contributed by atoms with van der Waals surface area (Å²) in [5.74, 6) is -2.53. The van der Waals surface area contributed by atoms with Crippen molar-refractivity contribution in [2.45, 2.75) is 46.3 Å². The van der Waals surface area contributed by atoms with Crippen LogP contribution in [0.3, 0.4) is 0 Å². The topological polar surface area (TPSA) is 89.5 Å². The molecule has 0 aliphatic heterocycles. The molecular weight excluding hydrogens is 464 g/mol. The van der Waals surface area contributed by atoms with Gasteiger partial charge in [0.15, 0.2) is 23.7 Å². The highest BCUT2D eigenvalue weighted by molar-refractivity contribution is 5.96. The fraction of sp³-hybridized carbons (Fsp3) is 0.500. The highest BCUT2D eigenvalue weighted by atomic mass is 16.7. The largest absolute Gasteiger partial charge is 0.493 e. The van der Waals surface area contributed by atoms with Crippen molar-refractivity contribution in [2.75, 3.05) is 40.1 Å². The highest BCUT2D eigenvalue weighted by Crippen LogP contribution is 2.38. The van der Waals surface area contributed by atoms with Gasteiger partial charge in [0, 0.05) is 19.6 Å². The van der Waals surface area contributed by atoms with Gasteiger partial charge < -0.3 is 28.4 Å². The number of methoxy groups -OCH3 is 1. The summed E-state index contributed by atoms with van der Waals surface area (Å²) in [7, 11) is 1.56. The van der Waals surface area contributed by atoms with E-state index in [0.717, 1.165) is 5.56 Å². The van der Waals surface area contributed by atoms with E-state index in [4.69, 9.17) is 28.4 Å². The lowest BCUT2D eigenvalue weighted by Gasteiger charge is -2.31. The molecule has 1 unspecified atom stereocenters. The van der Waals surface area contributed by atoms with Crippen LogP contribution in [0.15, 0.2) is 48.5 Å². The van der Waals surface area contributed by atoms with Crippen LogP contribution >= 0.6 is 0 Å². The maximum Gasteiger partial charge on any atom is 0.321 e. The molecule has 2 aromatic rings. The summed E-state index contributed by atoms with van der Waals surface area (Å²) in [5, 5.41) is 0. The van der Waals surface area contributed by atoms with E-state index in [1.54, 1.807) is 39.2 Å². The molecule has 0 N–H and O–H groups in total. The third-order valence-electron chi connectivity index (χ3n) is 5.46. The number of carbonyl (C=O) groups is 2. The molecule has 36 heavy (non-hydrogen) atoms. The Morgan fingerprint density at radius 1 is 0.778 bits per heavy atom. The molecular formula is C28H38O8. The predicted octanol–water partition coefficient (Wildman–Crippen LogP) is 4.54. The zero-order valence-electron chi connectivity index (χ0n) is 21.9. The molecule has 0 spiro atoms. The summed E-state index contributed by atoms with van der Waals surface area (Å²) < 4.78 is 33.8. The summed E-state index contributed by atoms with van der Waals surface area (Å²) in [4.78, 5) is 26.1. The standard InChI is InChI=1S/C28H38O8/c1-6-32-26(29)25(27(30)33-7-2)24(28(34-8-3)35-9-4)21-15-16-22(31-5)23(19-21)36-18-17-20-13-11-10-12-14-20/h10-16,19,24-25,28H,6-9,17-18H2,1-5H3. The van der Waals surface area contributed by atoms with Crippen molar-refractivity contribution in [3.63, 3.8) is 0 Å². The number of esters is 2. The van der Waals surface area contributed by atoms with Crippen LogP contribution in [-0.4, -0.2) is 58.4 Å². The van der Waals surface area contributed by atoms with Gasteiger partial charge in [0.05, 0.1) is 32.8 Å². The van der Waals surface area contributed by atoms with E-state index in [0.29, 0.717) is 43.3 Å². The van der Waals surface area contributed by atoms with Crippen LogP contribution in [0.2, 0.25) is 0 Å². The van der Waals surface area contributed by atoms with Crippen LogP contribution in [0.1, 0.15) is 44.7 Å². The van der Waals surface area contributed by atoms with E-state index in [9.17, 15) is 9.59 Å². The summed E-state index contributed by atoms with van der Waals surface area (Å²) >= 11 is 0. The van der Waals surface area contributed by atoms with Gasteiger partial charge in [-0.3, -0.25) is 9.59 Å². The van der Waals surface area contributed by atoms with Crippen LogP contribution in [0.25, 0.3) is 0 Å². The quantitative estimate of drug-likeness (QED) is 0.188. The molecule has 0 aromatic heterocycles. The molecule has 8 nitrogen and oxygen atoms in total. The zero-order valence-corrected chi connectivity index (χ0v) is 21.9. The first-order valence-electron chi connectivity index (χ1n) is 12.4. The molecule has 0 radical (unpaired) electrons. The lowest BCUT2D eigenvalue weighted by atomic mass is 9.84. The summed E-state index contributed by atoms with van der Waals surface area (Å²) in [6, 6.07) is 15.3. The van der Waals surface area contributed by atoms with Crippen molar-refractivity contribution < 1.29 is 38.0 Å². The van der Waals surface area contributed by atoms with E-state index < -0.39 is 30.1 Å². The number of benzene rings is 2. The van der Waals surface area contributed by atoms with Crippen molar-refractivity contribution in [1.82, 2.24) is 0 Å². The minimum absolute atomic E-state index is 0.117. The molecule has 198 valence electrons. The minimum atomic E-state index is -1.29. The van der Waals surface area contributed by atoms with Gasteiger partial charge >= 0.3 is 11.9 Å². The molecule has 0 saturated heterocycles. The van der Waals surface area contributed by atoms with Crippen LogP contribution in [0, 0.1) is 5.92 Å². The second-order valence-electron chi connectivity index (χ2n) is 7.78. The lowest BCUT2D eigenvalue weighted by Crippen LogP contribution is -2.41. The van der Waals surface area contributed by atoms with Gasteiger partial charge in [-0.1, -0.05) is 36.4 Å². The Morgan fingerprint density at radius 3 is 1.92 bits per heavy atom. The Labute approximate surface area is 213 Å². The number of carbonyl (C=O) groups excluding carboxylic acids is 2. The first-order valence-corrected chi connectivity index (χ1v) is 12.4. The first-order chi connectivity index (χ1) is 17.5. The summed E-state index contributed by atoms with van der Waals surface area (Å²) in [6.07, 6.45) is -0.198. The van der Waals surface area contributed by atoms with Gasteiger partial charge in [0.25, 0.3) is 0 Å². The highest BCUT2D eigenvalue weighted by Gasteiger charge is 2.44. The Hall–Kier alpha value is -3.10. The van der Waals surface area contributed by atoms with Crippen LogP contribution in [-0.2, 0) is 35.0 Å². The molecule has 8 heteroatoms. The molecule has 2 aromatic carbocycles. The van der Waals surface area contributed by atoms with E-state index in [2.05, 4.69) is 0 Å². The van der Waals surface area contributed by atoms with Crippen molar-refractivity contribution in [3.8, 4) is 11.5 Å². The summed E-state index contributed by atoms with van der Waals surface area (Å²) in [6.45, 7) is 8.28. The normalized spacial score (nSPS) is 11.9. The van der Waals surface area contributed by atoms with Gasteiger partial charge in [0.1, 0.15) is 0 Å². The second-order valence-corrected chi connectivity index (χ2v) is 7.78. The number of hydrogen-bond acceptors (Lipinski definition) is 8. The van der Waals surface area contributed by atoms with E-state index in [1.807, 2.05) is 44.2 Å². The zero-order chi connectivity index (χ0) is 26.3. The van der Waals surface area contributed by atoms with Gasteiger partial charge in [-0.2, -0.15) is 0 Å².